The van der Waals surface area contributed by atoms with Gasteiger partial charge in [0.05, 0.1) is 19.4 Å². The van der Waals surface area contributed by atoms with Crippen molar-refractivity contribution in [3.8, 4) is 11.5 Å². The number of hydrogen-bond donors (Lipinski definition) is 1. The molecule has 9 heteroatoms. The summed E-state index contributed by atoms with van der Waals surface area (Å²) in [4.78, 5) is 34.0. The smallest absolute Gasteiger partial charge is 0.254 e. The number of rotatable bonds is 11. The predicted octanol–water partition coefficient (Wildman–Crippen LogP) is 4.84. The lowest BCUT2D eigenvalue weighted by molar-refractivity contribution is 0.0734. The van der Waals surface area contributed by atoms with Crippen LogP contribution in [0.2, 0.25) is 0 Å². The summed E-state index contributed by atoms with van der Waals surface area (Å²) in [5.74, 6) is 2.22. The minimum atomic E-state index is -0.583. The normalized spacial score (nSPS) is 15.3. The molecule has 0 spiro atoms. The predicted molar refractivity (Wildman–Crippen MR) is 164 cm³/mol. The van der Waals surface area contributed by atoms with E-state index >= 15 is 0 Å². The molecule has 44 heavy (non-hydrogen) atoms. The van der Waals surface area contributed by atoms with Crippen molar-refractivity contribution in [2.45, 2.75) is 51.5 Å². The minimum absolute atomic E-state index is 0.0116. The largest absolute Gasteiger partial charge is 0.497 e. The van der Waals surface area contributed by atoms with E-state index in [1.54, 1.807) is 37.6 Å². The van der Waals surface area contributed by atoms with Gasteiger partial charge in [-0.25, -0.2) is 4.98 Å². The Hall–Kier alpha value is -4.47. The van der Waals surface area contributed by atoms with Gasteiger partial charge in [-0.15, -0.1) is 0 Å². The van der Waals surface area contributed by atoms with Gasteiger partial charge in [-0.3, -0.25) is 14.5 Å². The van der Waals surface area contributed by atoms with Crippen molar-refractivity contribution in [3.05, 3.63) is 112 Å². The second kappa shape index (κ2) is 13.4. The summed E-state index contributed by atoms with van der Waals surface area (Å²) in [5.41, 5.74) is 5.94. The lowest BCUT2D eigenvalue weighted by atomic mass is 9.94. The number of aliphatic hydroxyl groups is 1. The van der Waals surface area contributed by atoms with Gasteiger partial charge in [-0.05, 0) is 84.0 Å². The quantitative estimate of drug-likeness (QED) is 0.246. The third-order valence-electron chi connectivity index (χ3n) is 8.47. The Balaban J connectivity index is 0.965. The molecule has 0 bridgehead atoms. The molecule has 2 aliphatic rings. The van der Waals surface area contributed by atoms with Crippen LogP contribution in [0.1, 0.15) is 61.6 Å². The standard InChI is InChI=1S/C35H37N3O6/c1-42-31-8-4-24(5-9-31)35(41)38-15-13-25-16-27(2-3-29(25)20-38)34(40)11-7-30(39)21-37-14-12-26-17-32(10-6-28(26)19-37)43-22-33-18-36-23-44-33/h2-6,8-10,16-18,23,30,39H,7,11-15,19-22H2,1H3/t30-/m0/s1. The van der Waals surface area contributed by atoms with Crippen molar-refractivity contribution < 1.29 is 28.6 Å². The first kappa shape index (κ1) is 29.6. The van der Waals surface area contributed by atoms with Gasteiger partial charge in [0.25, 0.3) is 5.91 Å². The van der Waals surface area contributed by atoms with Crippen LogP contribution in [0.15, 0.2) is 77.7 Å². The maximum atomic E-state index is 13.0. The minimum Gasteiger partial charge on any atom is -0.497 e. The molecule has 4 aromatic rings. The molecule has 0 unspecified atom stereocenters. The Kier molecular flexibility index (Phi) is 9.04. The average molecular weight is 596 g/mol. The van der Waals surface area contributed by atoms with Crippen molar-refractivity contribution in [2.24, 2.45) is 0 Å². The molecular formula is C35H37N3O6. The Bertz CT molecular complexity index is 1600. The molecule has 3 heterocycles. The van der Waals surface area contributed by atoms with Crippen LogP contribution >= 0.6 is 0 Å². The van der Waals surface area contributed by atoms with E-state index in [2.05, 4.69) is 22.0 Å². The van der Waals surface area contributed by atoms with Crippen LogP contribution in [-0.4, -0.2) is 64.4 Å². The SMILES string of the molecule is COc1ccc(C(=O)N2CCc3cc(C(=O)CC[C@H](O)CN4CCc5cc(OCc6cnco6)ccc5C4)ccc3C2)cc1. The molecule has 2 aliphatic heterocycles. The Labute approximate surface area is 257 Å². The van der Waals surface area contributed by atoms with Crippen LogP contribution in [0.25, 0.3) is 0 Å². The maximum Gasteiger partial charge on any atom is 0.254 e. The monoisotopic (exact) mass is 595 g/mol. The molecule has 1 atom stereocenters. The fraction of sp³-hybridized carbons (Fsp3) is 0.343. The van der Waals surface area contributed by atoms with Crippen molar-refractivity contribution in [1.82, 2.24) is 14.8 Å². The number of benzene rings is 3. The molecule has 0 saturated carbocycles. The average Bonchev–Trinajstić information content (AvgIpc) is 3.59. The number of nitrogens with zero attached hydrogens (tertiary/aromatic N) is 3. The van der Waals surface area contributed by atoms with Crippen molar-refractivity contribution >= 4 is 11.7 Å². The number of aliphatic hydroxyl groups excluding tert-OH is 1. The van der Waals surface area contributed by atoms with Crippen LogP contribution in [0.5, 0.6) is 11.5 Å². The van der Waals surface area contributed by atoms with Crippen molar-refractivity contribution in [1.29, 1.82) is 0 Å². The number of carbonyl (C=O) groups excluding carboxylic acids is 2. The maximum absolute atomic E-state index is 13.0. The summed E-state index contributed by atoms with van der Waals surface area (Å²) in [6.45, 7) is 3.58. The third-order valence-corrected chi connectivity index (χ3v) is 8.47. The number of Topliss-reactive ketones (excluding diaryl/α,β-unsaturated/α-hetero) is 1. The van der Waals surface area contributed by atoms with Crippen LogP contribution in [0, 0.1) is 0 Å². The fourth-order valence-corrected chi connectivity index (χ4v) is 5.95. The molecular weight excluding hydrogens is 558 g/mol. The topological polar surface area (TPSA) is 105 Å². The molecule has 1 amide bonds. The van der Waals surface area contributed by atoms with Gasteiger partial charge in [-0.2, -0.15) is 0 Å². The molecule has 1 aromatic heterocycles. The molecule has 0 fully saturated rings. The van der Waals surface area contributed by atoms with Gasteiger partial charge in [-0.1, -0.05) is 18.2 Å². The van der Waals surface area contributed by atoms with Crippen molar-refractivity contribution in [2.75, 3.05) is 26.7 Å². The van der Waals surface area contributed by atoms with Crippen LogP contribution in [0.3, 0.4) is 0 Å². The Morgan fingerprint density at radius 2 is 1.64 bits per heavy atom. The number of fused-ring (bicyclic) bond motifs is 2. The van der Waals surface area contributed by atoms with E-state index in [0.717, 1.165) is 36.4 Å². The summed E-state index contributed by atoms with van der Waals surface area (Å²) in [7, 11) is 1.60. The molecule has 0 aliphatic carbocycles. The van der Waals surface area contributed by atoms with Crippen LogP contribution < -0.4 is 9.47 Å². The molecule has 3 aromatic carbocycles. The number of methoxy groups -OCH3 is 1. The number of amides is 1. The summed E-state index contributed by atoms with van der Waals surface area (Å²) < 4.78 is 16.2. The second-order valence-electron chi connectivity index (χ2n) is 11.5. The van der Waals surface area contributed by atoms with Gasteiger partial charge >= 0.3 is 0 Å². The van der Waals surface area contributed by atoms with E-state index in [1.807, 2.05) is 29.2 Å². The first-order valence-electron chi connectivity index (χ1n) is 15.1. The zero-order valence-corrected chi connectivity index (χ0v) is 24.9. The molecule has 0 radical (unpaired) electrons. The summed E-state index contributed by atoms with van der Waals surface area (Å²) in [6.07, 6.45) is 4.73. The molecule has 9 nitrogen and oxygen atoms in total. The van der Waals surface area contributed by atoms with Gasteiger partial charge in [0, 0.05) is 50.3 Å². The van der Waals surface area contributed by atoms with E-state index in [1.165, 1.54) is 17.5 Å². The summed E-state index contributed by atoms with van der Waals surface area (Å²) in [6, 6.07) is 19.0. The summed E-state index contributed by atoms with van der Waals surface area (Å²) in [5, 5.41) is 10.8. The first-order valence-corrected chi connectivity index (χ1v) is 15.1. The number of ketones is 1. The number of oxazole rings is 1. The molecule has 6 rings (SSSR count). The third kappa shape index (κ3) is 7.01. The molecule has 1 N–H and O–H groups in total. The first-order chi connectivity index (χ1) is 21.4. The highest BCUT2D eigenvalue weighted by molar-refractivity contribution is 5.96. The number of ether oxygens (including phenoxy) is 2. The van der Waals surface area contributed by atoms with Gasteiger partial charge in [0.2, 0.25) is 0 Å². The second-order valence-corrected chi connectivity index (χ2v) is 11.5. The van der Waals surface area contributed by atoms with Gasteiger partial charge in [0.1, 0.15) is 18.1 Å². The number of hydrogen-bond acceptors (Lipinski definition) is 8. The molecule has 228 valence electrons. The van der Waals surface area contributed by atoms with E-state index < -0.39 is 6.10 Å². The van der Waals surface area contributed by atoms with Gasteiger partial charge < -0.3 is 23.9 Å². The number of carbonyl (C=O) groups is 2. The van der Waals surface area contributed by atoms with Crippen LogP contribution in [0.4, 0.5) is 0 Å². The highest BCUT2D eigenvalue weighted by Crippen LogP contribution is 2.26. The van der Waals surface area contributed by atoms with E-state index in [0.29, 0.717) is 68.1 Å². The Morgan fingerprint density at radius 1 is 0.909 bits per heavy atom. The summed E-state index contributed by atoms with van der Waals surface area (Å²) >= 11 is 0. The van der Waals surface area contributed by atoms with Crippen LogP contribution in [-0.2, 0) is 32.5 Å². The lowest BCUT2D eigenvalue weighted by Crippen LogP contribution is -2.36. The van der Waals surface area contributed by atoms with Gasteiger partial charge in [0.15, 0.2) is 17.9 Å². The number of aromatic nitrogens is 1. The van der Waals surface area contributed by atoms with Crippen molar-refractivity contribution in [3.63, 3.8) is 0 Å². The fourth-order valence-electron chi connectivity index (χ4n) is 5.95. The van der Waals surface area contributed by atoms with E-state index in [4.69, 9.17) is 13.9 Å². The highest BCUT2D eigenvalue weighted by Gasteiger charge is 2.24. The van der Waals surface area contributed by atoms with E-state index in [-0.39, 0.29) is 11.7 Å². The number of β-amino-alcohol motifs (C(OH)–C–C–N with tert-alkyl or cyclic N) is 1. The van der Waals surface area contributed by atoms with E-state index in [9.17, 15) is 14.7 Å². The molecule has 0 saturated heterocycles. The zero-order valence-electron chi connectivity index (χ0n) is 24.9. The Morgan fingerprint density at radius 3 is 2.43 bits per heavy atom. The zero-order chi connectivity index (χ0) is 30.5. The highest BCUT2D eigenvalue weighted by atomic mass is 16.5. The lowest BCUT2D eigenvalue weighted by Gasteiger charge is -2.30.